The number of likely N-dealkylation sites (N-methyl/N-ethyl adjacent to an activating group) is 1. The zero-order chi connectivity index (χ0) is 18.0. The molecule has 0 saturated heterocycles. The molecule has 0 atom stereocenters. The van der Waals surface area contributed by atoms with Gasteiger partial charge in [-0.2, -0.15) is 0 Å². The number of carboxylic acids is 1. The minimum atomic E-state index is -1.08. The van der Waals surface area contributed by atoms with Gasteiger partial charge < -0.3 is 33.3 Å². The van der Waals surface area contributed by atoms with Crippen LogP contribution in [-0.2, 0) is 23.7 Å². The molecule has 7 nitrogen and oxygen atoms in total. The molecule has 0 heterocycles. The lowest BCUT2D eigenvalue weighted by atomic mass is 10.4. The van der Waals surface area contributed by atoms with Gasteiger partial charge >= 0.3 is 0 Å². The highest BCUT2D eigenvalue weighted by molar-refractivity contribution is 5.64. The van der Waals surface area contributed by atoms with E-state index in [-0.39, 0.29) is 13.0 Å². The Kier molecular flexibility index (Phi) is 18.8. The number of hydrogen-bond donors (Lipinski definition) is 0. The second kappa shape index (κ2) is 17.6. The highest BCUT2D eigenvalue weighted by Crippen LogP contribution is 1.94. The zero-order valence-corrected chi connectivity index (χ0v) is 15.5. The lowest BCUT2D eigenvalue weighted by Gasteiger charge is -2.27. The van der Waals surface area contributed by atoms with Gasteiger partial charge in [-0.1, -0.05) is 0 Å². The van der Waals surface area contributed by atoms with Crippen molar-refractivity contribution in [2.75, 3.05) is 80.5 Å². The van der Waals surface area contributed by atoms with E-state index in [0.717, 1.165) is 24.2 Å². The van der Waals surface area contributed by atoms with Crippen molar-refractivity contribution in [1.82, 2.24) is 0 Å². The molecule has 0 radical (unpaired) electrons. The third-order valence-corrected chi connectivity index (χ3v) is 3.16. The third-order valence-electron chi connectivity index (χ3n) is 3.16. The predicted molar refractivity (Wildman–Crippen MR) is 87.1 cm³/mol. The summed E-state index contributed by atoms with van der Waals surface area (Å²) < 4.78 is 21.1. The van der Waals surface area contributed by atoms with Crippen molar-refractivity contribution in [2.45, 2.75) is 20.3 Å². The smallest absolute Gasteiger partial charge is 0.102 e. The van der Waals surface area contributed by atoms with Crippen LogP contribution < -0.4 is 5.11 Å². The van der Waals surface area contributed by atoms with Crippen molar-refractivity contribution in [3.63, 3.8) is 0 Å². The standard InChI is InChI=1S/C9H22NO2.C7H14O4/c1-5-10(2,3)6-7-12-9-8-11-4;1-2-10-5-6-11-4-3-7(8)9/h5-9H2,1-4H3;2-6H2,1H3,(H,8,9)/q+1;/p-1. The highest BCUT2D eigenvalue weighted by atomic mass is 16.5. The molecular weight excluding hydrogens is 302 g/mol. The van der Waals surface area contributed by atoms with Crippen molar-refractivity contribution >= 4 is 5.97 Å². The van der Waals surface area contributed by atoms with Gasteiger partial charge in [-0.3, -0.25) is 0 Å². The first-order valence-electron chi connectivity index (χ1n) is 8.13. The number of quaternary nitrogens is 1. The second-order valence-electron chi connectivity index (χ2n) is 5.51. The molecule has 0 rings (SSSR count). The Bertz CT molecular complexity index is 261. The molecule has 0 spiro atoms. The summed E-state index contributed by atoms with van der Waals surface area (Å²) in [5.41, 5.74) is 0. The molecule has 140 valence electrons. The van der Waals surface area contributed by atoms with Gasteiger partial charge in [0.25, 0.3) is 0 Å². The Morgan fingerprint density at radius 3 is 2.00 bits per heavy atom. The maximum atomic E-state index is 9.87. The number of carbonyl (C=O) groups is 1. The molecule has 0 N–H and O–H groups in total. The minimum Gasteiger partial charge on any atom is -0.550 e. The molecule has 0 fully saturated rings. The molecule has 0 saturated carbocycles. The number of hydrogen-bond acceptors (Lipinski definition) is 6. The Morgan fingerprint density at radius 1 is 0.913 bits per heavy atom. The maximum Gasteiger partial charge on any atom is 0.102 e. The summed E-state index contributed by atoms with van der Waals surface area (Å²) in [4.78, 5) is 9.87. The summed E-state index contributed by atoms with van der Waals surface area (Å²) in [6, 6.07) is 0. The second-order valence-corrected chi connectivity index (χ2v) is 5.51. The lowest BCUT2D eigenvalue weighted by Crippen LogP contribution is -2.42. The SMILES string of the molecule is CCOCCOCCC(=O)[O-].CC[N+](C)(C)CCOCCOC. The predicted octanol–water partition coefficient (Wildman–Crippen LogP) is -0.0748. The van der Waals surface area contributed by atoms with E-state index >= 15 is 0 Å². The van der Waals surface area contributed by atoms with Crippen molar-refractivity contribution in [3.05, 3.63) is 0 Å². The minimum absolute atomic E-state index is 0.0495. The number of methoxy groups -OCH3 is 1. The van der Waals surface area contributed by atoms with Crippen LogP contribution in [0.3, 0.4) is 0 Å². The summed E-state index contributed by atoms with van der Waals surface area (Å²) in [6.45, 7) is 10.3. The van der Waals surface area contributed by atoms with E-state index in [1.54, 1.807) is 7.11 Å². The van der Waals surface area contributed by atoms with Gasteiger partial charge in [0.05, 0.1) is 60.3 Å². The van der Waals surface area contributed by atoms with E-state index in [1.807, 2.05) is 6.92 Å². The first-order valence-corrected chi connectivity index (χ1v) is 8.13. The van der Waals surface area contributed by atoms with E-state index in [1.165, 1.54) is 0 Å². The van der Waals surface area contributed by atoms with Crippen LogP contribution in [0.4, 0.5) is 0 Å². The van der Waals surface area contributed by atoms with Crippen LogP contribution >= 0.6 is 0 Å². The van der Waals surface area contributed by atoms with Crippen molar-refractivity contribution in [1.29, 1.82) is 0 Å². The van der Waals surface area contributed by atoms with E-state index in [0.29, 0.717) is 33.0 Å². The Labute approximate surface area is 141 Å². The topological polar surface area (TPSA) is 77.1 Å². The molecular formula is C16H35NO6. The van der Waals surface area contributed by atoms with Crippen LogP contribution in [0.15, 0.2) is 0 Å². The van der Waals surface area contributed by atoms with E-state index in [2.05, 4.69) is 21.0 Å². The van der Waals surface area contributed by atoms with Crippen LogP contribution in [0.25, 0.3) is 0 Å². The summed E-state index contributed by atoms with van der Waals surface area (Å²) in [5, 5.41) is 9.87. The molecule has 0 unspecified atom stereocenters. The molecule has 7 heteroatoms. The number of nitrogens with zero attached hydrogens (tertiary/aromatic N) is 1. The fourth-order valence-corrected chi connectivity index (χ4v) is 1.23. The fourth-order valence-electron chi connectivity index (χ4n) is 1.23. The van der Waals surface area contributed by atoms with Gasteiger partial charge in [0.1, 0.15) is 6.54 Å². The quantitative estimate of drug-likeness (QED) is 0.326. The number of carboxylic acid groups (broad SMARTS) is 1. The van der Waals surface area contributed by atoms with Crippen LogP contribution in [0.2, 0.25) is 0 Å². The van der Waals surface area contributed by atoms with Crippen molar-refractivity contribution < 1.29 is 33.3 Å². The van der Waals surface area contributed by atoms with Crippen molar-refractivity contribution in [2.24, 2.45) is 0 Å². The first kappa shape index (κ1) is 24.5. The lowest BCUT2D eigenvalue weighted by molar-refractivity contribution is -0.888. The van der Waals surface area contributed by atoms with E-state index in [4.69, 9.17) is 18.9 Å². The van der Waals surface area contributed by atoms with Crippen LogP contribution in [0.1, 0.15) is 20.3 Å². The van der Waals surface area contributed by atoms with Gasteiger partial charge in [-0.15, -0.1) is 0 Å². The summed E-state index contributed by atoms with van der Waals surface area (Å²) in [7, 11) is 6.11. The van der Waals surface area contributed by atoms with Crippen LogP contribution in [0.5, 0.6) is 0 Å². The molecule has 23 heavy (non-hydrogen) atoms. The number of carbonyl (C=O) groups excluding carboxylic acids is 1. The van der Waals surface area contributed by atoms with Gasteiger partial charge in [-0.05, 0) is 13.8 Å². The Hall–Kier alpha value is -0.730. The van der Waals surface area contributed by atoms with E-state index in [9.17, 15) is 9.90 Å². The monoisotopic (exact) mass is 337 g/mol. The number of ether oxygens (including phenoxy) is 4. The van der Waals surface area contributed by atoms with E-state index < -0.39 is 5.97 Å². The summed E-state index contributed by atoms with van der Waals surface area (Å²) in [6.07, 6.45) is -0.0495. The molecule has 0 aliphatic rings. The molecule has 0 amide bonds. The van der Waals surface area contributed by atoms with Gasteiger partial charge in [0, 0.05) is 26.1 Å². The Morgan fingerprint density at radius 2 is 1.48 bits per heavy atom. The summed E-state index contributed by atoms with van der Waals surface area (Å²) in [5.74, 6) is -1.08. The fraction of sp³-hybridized carbons (Fsp3) is 0.938. The molecule has 0 aromatic rings. The average molecular weight is 337 g/mol. The third kappa shape index (κ3) is 23.7. The first-order chi connectivity index (χ1) is 10.9. The largest absolute Gasteiger partial charge is 0.550 e. The average Bonchev–Trinajstić information content (AvgIpc) is 2.51. The van der Waals surface area contributed by atoms with Crippen molar-refractivity contribution in [3.8, 4) is 0 Å². The molecule has 0 aromatic carbocycles. The van der Waals surface area contributed by atoms with Gasteiger partial charge in [-0.25, -0.2) is 0 Å². The zero-order valence-electron chi connectivity index (χ0n) is 15.5. The molecule has 0 aliphatic carbocycles. The highest BCUT2D eigenvalue weighted by Gasteiger charge is 2.10. The molecule has 0 aromatic heterocycles. The number of aliphatic carboxylic acids is 1. The van der Waals surface area contributed by atoms with Crippen LogP contribution in [0, 0.1) is 0 Å². The Balaban J connectivity index is 0. The number of rotatable bonds is 14. The normalized spacial score (nSPS) is 11.0. The molecule has 0 bridgehead atoms. The van der Waals surface area contributed by atoms with Gasteiger partial charge in [0.2, 0.25) is 0 Å². The maximum absolute atomic E-state index is 9.87. The molecule has 0 aliphatic heterocycles. The van der Waals surface area contributed by atoms with Gasteiger partial charge in [0.15, 0.2) is 0 Å². The summed E-state index contributed by atoms with van der Waals surface area (Å²) >= 11 is 0. The van der Waals surface area contributed by atoms with Crippen LogP contribution in [-0.4, -0.2) is 91.0 Å².